The first-order chi connectivity index (χ1) is 14.1. The van der Waals surface area contributed by atoms with Crippen molar-refractivity contribution in [3.05, 3.63) is 116 Å². The zero-order valence-electron chi connectivity index (χ0n) is 15.8. The zero-order valence-corrected chi connectivity index (χ0v) is 17.3. The predicted octanol–water partition coefficient (Wildman–Crippen LogP) is 2.86. The maximum Gasteiger partial charge on any atom is 0.0715 e. The van der Waals surface area contributed by atoms with Crippen molar-refractivity contribution < 1.29 is 39.0 Å². The van der Waals surface area contributed by atoms with Crippen LogP contribution in [0.15, 0.2) is 105 Å². The number of carboxylic acids is 2. The molecule has 0 radical (unpaired) electrons. The van der Waals surface area contributed by atoms with E-state index in [1.807, 2.05) is 0 Å². The number of carbonyl (C=O) groups is 2. The van der Waals surface area contributed by atoms with Gasteiger partial charge < -0.3 is 19.8 Å². The van der Waals surface area contributed by atoms with E-state index in [2.05, 4.69) is 36.5 Å². The maximum absolute atomic E-state index is 10.1. The molecule has 0 N–H and O–H groups in total. The average molecular weight is 420 g/mol. The number of allylic oxidation sites excluding steroid dienone is 8. The van der Waals surface area contributed by atoms with Crippen molar-refractivity contribution in [2.75, 3.05) is 0 Å². The Morgan fingerprint density at radius 3 is 1.28 bits per heavy atom. The Morgan fingerprint density at radius 2 is 1.03 bits per heavy atom. The van der Waals surface area contributed by atoms with Gasteiger partial charge in [0.05, 0.1) is 11.9 Å². The normalized spacial score (nSPS) is 13.1. The number of hydrogen-bond donors (Lipinski definition) is 0. The Bertz CT molecular complexity index is 848. The summed E-state index contributed by atoms with van der Waals surface area (Å²) in [5.41, 5.74) is 0.440. The van der Waals surface area contributed by atoms with Crippen LogP contribution in [0.1, 0.15) is 33.6 Å². The quantitative estimate of drug-likeness (QED) is 0.713. The van der Waals surface area contributed by atoms with E-state index < -0.39 is 11.9 Å². The predicted molar refractivity (Wildman–Crippen MR) is 105 cm³/mol. The molecule has 4 rings (SSSR count). The van der Waals surface area contributed by atoms with Crippen molar-refractivity contribution in [2.24, 2.45) is 0 Å². The van der Waals surface area contributed by atoms with E-state index in [9.17, 15) is 19.8 Å². The molecule has 0 saturated carbocycles. The first-order valence-corrected chi connectivity index (χ1v) is 10.6. The van der Waals surface area contributed by atoms with E-state index in [1.165, 1.54) is 37.1 Å². The summed E-state index contributed by atoms with van der Waals surface area (Å²) in [5, 5.41) is 20.2. The molecule has 0 fully saturated rings. The second-order valence-electron chi connectivity index (χ2n) is 6.08. The van der Waals surface area contributed by atoms with Gasteiger partial charge in [-0.3, -0.25) is 0 Å². The van der Waals surface area contributed by atoms with Gasteiger partial charge in [-0.1, -0.05) is 60.7 Å². The van der Waals surface area contributed by atoms with Gasteiger partial charge >= 0.3 is 76.2 Å². The van der Waals surface area contributed by atoms with Crippen LogP contribution in [0.3, 0.4) is 0 Å². The Kier molecular flexibility index (Phi) is 9.63. The van der Waals surface area contributed by atoms with Crippen LogP contribution in [-0.4, -0.2) is 11.9 Å². The fraction of sp³-hybridized carbons (Fsp3) is 0.0833. The van der Waals surface area contributed by atoms with Crippen LogP contribution in [0.25, 0.3) is 0 Å². The molecule has 0 aromatic heterocycles. The van der Waals surface area contributed by atoms with Crippen LogP contribution < -0.4 is 10.2 Å². The van der Waals surface area contributed by atoms with Crippen LogP contribution in [0.4, 0.5) is 0 Å². The van der Waals surface area contributed by atoms with E-state index in [-0.39, 0.29) is 30.3 Å². The van der Waals surface area contributed by atoms with Crippen LogP contribution in [0.2, 0.25) is 0 Å². The average Bonchev–Trinajstić information content (AvgIpc) is 3.45. The number of hydrogen-bond acceptors (Lipinski definition) is 4. The molecule has 0 atom stereocenters. The third-order valence-corrected chi connectivity index (χ3v) is 6.04. The second kappa shape index (κ2) is 12.5. The van der Waals surface area contributed by atoms with Crippen molar-refractivity contribution in [1.82, 2.24) is 0 Å². The molecular formula is C24H20O4Ti. The number of aromatic carboxylic acids is 2. The smallest absolute Gasteiger partial charge is 0.0715 e. The Morgan fingerprint density at radius 1 is 0.655 bits per heavy atom. The molecule has 2 aromatic carbocycles. The van der Waals surface area contributed by atoms with Crippen molar-refractivity contribution in [2.45, 2.75) is 12.8 Å². The molecule has 0 saturated heterocycles. The Hall–Kier alpha value is -2.95. The van der Waals surface area contributed by atoms with Gasteiger partial charge in [0.1, 0.15) is 0 Å². The summed E-state index contributed by atoms with van der Waals surface area (Å²) < 4.78 is 3.36. The van der Waals surface area contributed by atoms with E-state index in [0.717, 1.165) is 0 Å². The molecule has 2 aromatic rings. The monoisotopic (exact) mass is 420 g/mol. The van der Waals surface area contributed by atoms with Gasteiger partial charge in [0.25, 0.3) is 0 Å². The summed E-state index contributed by atoms with van der Waals surface area (Å²) in [5.74, 6) is -2.26. The molecule has 0 heterocycles. The number of rotatable bonds is 4. The molecule has 0 aliphatic heterocycles. The molecule has 0 unspecified atom stereocenters. The number of carboxylic acid groups (broad SMARTS) is 2. The minimum Gasteiger partial charge on any atom is -0.545 e. The summed E-state index contributed by atoms with van der Waals surface area (Å²) >= 11 is 0.0833. The molecule has 0 spiro atoms. The molecule has 0 amide bonds. The minimum atomic E-state index is -1.13. The van der Waals surface area contributed by atoms with Gasteiger partial charge in [-0.05, 0) is 11.1 Å². The van der Waals surface area contributed by atoms with E-state index in [4.69, 9.17) is 0 Å². The number of benzene rings is 2. The first-order valence-electron chi connectivity index (χ1n) is 9.07. The van der Waals surface area contributed by atoms with Crippen LogP contribution in [0, 0.1) is 0 Å². The topological polar surface area (TPSA) is 80.3 Å². The van der Waals surface area contributed by atoms with Gasteiger partial charge in [-0.15, -0.1) is 0 Å². The molecule has 2 aliphatic rings. The number of carbonyl (C=O) groups excluding carboxylic acids is 2. The molecule has 4 nitrogen and oxygen atoms in total. The van der Waals surface area contributed by atoms with E-state index in [1.54, 1.807) is 44.2 Å². The molecule has 5 heteroatoms. The van der Waals surface area contributed by atoms with Crippen molar-refractivity contribution in [3.8, 4) is 0 Å². The molecule has 144 valence electrons. The Balaban J connectivity index is 0.000000157. The summed E-state index contributed by atoms with van der Waals surface area (Å²) in [6.45, 7) is 0. The SMILES string of the molecule is C1=CC[C]([Ti+2][C]2=CC=CC2)=C1.O=C([O-])c1ccccc1.O=C([O-])c1ccccc1. The summed E-state index contributed by atoms with van der Waals surface area (Å²) in [6.07, 6.45) is 15.9. The standard InChI is InChI=1S/2C7H6O2.2C5H5.Ti/c2*8-7(9)6-4-2-1-3-5-6;2*1-2-4-5-3-1;/h2*1-5H,(H,8,9);2*1-3H,4H2;/q;;;;+2/p-2. The largest absolute Gasteiger partial charge is 0.545 e. The molecule has 29 heavy (non-hydrogen) atoms. The summed E-state index contributed by atoms with van der Waals surface area (Å²) in [6, 6.07) is 16.1. The summed E-state index contributed by atoms with van der Waals surface area (Å²) in [4.78, 5) is 20.2. The first kappa shape index (κ1) is 22.3. The maximum atomic E-state index is 10.1. The van der Waals surface area contributed by atoms with Gasteiger partial charge in [-0.2, -0.15) is 0 Å². The van der Waals surface area contributed by atoms with Gasteiger partial charge in [0.2, 0.25) is 0 Å². The zero-order chi connectivity index (χ0) is 20.9. The van der Waals surface area contributed by atoms with Crippen molar-refractivity contribution in [3.63, 3.8) is 0 Å². The van der Waals surface area contributed by atoms with Gasteiger partial charge in [0, 0.05) is 0 Å². The van der Waals surface area contributed by atoms with Crippen LogP contribution >= 0.6 is 0 Å². The van der Waals surface area contributed by atoms with Crippen molar-refractivity contribution >= 4 is 11.9 Å². The van der Waals surface area contributed by atoms with Crippen LogP contribution in [0.5, 0.6) is 0 Å². The third kappa shape index (κ3) is 8.73. The fourth-order valence-corrected chi connectivity index (χ4v) is 4.33. The van der Waals surface area contributed by atoms with E-state index in [0.29, 0.717) is 0 Å². The molecular weight excluding hydrogens is 400 g/mol. The molecule has 2 aliphatic carbocycles. The van der Waals surface area contributed by atoms with Gasteiger partial charge in [0.15, 0.2) is 0 Å². The Labute approximate surface area is 179 Å². The van der Waals surface area contributed by atoms with E-state index >= 15 is 0 Å². The fourth-order valence-electron chi connectivity index (χ4n) is 2.43. The summed E-state index contributed by atoms with van der Waals surface area (Å²) in [7, 11) is 0. The van der Waals surface area contributed by atoms with Crippen molar-refractivity contribution in [1.29, 1.82) is 0 Å². The third-order valence-electron chi connectivity index (χ3n) is 3.88. The second-order valence-corrected chi connectivity index (χ2v) is 8.48. The van der Waals surface area contributed by atoms with Gasteiger partial charge in [-0.25, -0.2) is 0 Å². The molecule has 0 bridgehead atoms. The van der Waals surface area contributed by atoms with Crippen LogP contribution in [-0.2, 0) is 19.2 Å². The minimum absolute atomic E-state index is 0.0833.